The number of furan rings is 1. The zero-order chi connectivity index (χ0) is 17.2. The van der Waals surface area contributed by atoms with Gasteiger partial charge in [-0.05, 0) is 36.7 Å². The molecule has 1 amide bonds. The van der Waals surface area contributed by atoms with Gasteiger partial charge in [0.15, 0.2) is 0 Å². The van der Waals surface area contributed by atoms with E-state index in [1.807, 2.05) is 67.6 Å². The van der Waals surface area contributed by atoms with E-state index in [4.69, 9.17) is 4.42 Å². The van der Waals surface area contributed by atoms with Crippen LogP contribution < -0.4 is 10.6 Å². The predicted molar refractivity (Wildman–Crippen MR) is 98.2 cm³/mol. The fraction of sp³-hybridized carbons (Fsp3) is 0.286. The van der Waals surface area contributed by atoms with Gasteiger partial charge in [-0.25, -0.2) is 0 Å². The van der Waals surface area contributed by atoms with E-state index >= 15 is 0 Å². The van der Waals surface area contributed by atoms with E-state index in [9.17, 15) is 4.79 Å². The standard InChI is InChI=1S/C21H22N2O2/c1-14(17-12-22-13-17)21(24)23-20(15-7-3-2-4-8-15)19-11-16-9-5-6-10-18(16)25-19/h2-11,14,17,20,22H,12-13H2,1H3,(H,23,24). The van der Waals surface area contributed by atoms with E-state index in [0.29, 0.717) is 5.92 Å². The second-order valence-corrected chi connectivity index (χ2v) is 6.75. The number of benzene rings is 2. The van der Waals surface area contributed by atoms with E-state index in [1.54, 1.807) is 0 Å². The molecule has 0 bridgehead atoms. The first-order chi connectivity index (χ1) is 12.2. The van der Waals surface area contributed by atoms with Gasteiger partial charge in [0.25, 0.3) is 0 Å². The van der Waals surface area contributed by atoms with Gasteiger partial charge >= 0.3 is 0 Å². The molecule has 1 fully saturated rings. The Labute approximate surface area is 147 Å². The average molecular weight is 334 g/mol. The minimum atomic E-state index is -0.281. The van der Waals surface area contributed by atoms with Crippen molar-refractivity contribution in [3.63, 3.8) is 0 Å². The largest absolute Gasteiger partial charge is 0.459 e. The molecule has 0 radical (unpaired) electrons. The molecule has 4 nitrogen and oxygen atoms in total. The van der Waals surface area contributed by atoms with Crippen molar-refractivity contribution >= 4 is 16.9 Å². The maximum Gasteiger partial charge on any atom is 0.224 e. The Kier molecular flexibility index (Phi) is 4.28. The minimum Gasteiger partial charge on any atom is -0.459 e. The van der Waals surface area contributed by atoms with Crippen LogP contribution in [0.2, 0.25) is 0 Å². The molecule has 0 spiro atoms. The highest BCUT2D eigenvalue weighted by Crippen LogP contribution is 2.29. The predicted octanol–water partition coefficient (Wildman–Crippen LogP) is 3.49. The van der Waals surface area contributed by atoms with Crippen LogP contribution in [-0.4, -0.2) is 19.0 Å². The third-order valence-corrected chi connectivity index (χ3v) is 5.08. The van der Waals surface area contributed by atoms with Gasteiger partial charge in [-0.1, -0.05) is 55.5 Å². The van der Waals surface area contributed by atoms with Crippen LogP contribution in [0.3, 0.4) is 0 Å². The fourth-order valence-electron chi connectivity index (χ4n) is 3.26. The number of nitrogens with one attached hydrogen (secondary N) is 2. The molecule has 128 valence electrons. The van der Waals surface area contributed by atoms with Crippen LogP contribution in [0.1, 0.15) is 24.3 Å². The summed E-state index contributed by atoms with van der Waals surface area (Å²) in [7, 11) is 0. The minimum absolute atomic E-state index is 0.0168. The second-order valence-electron chi connectivity index (χ2n) is 6.75. The number of carbonyl (C=O) groups excluding carboxylic acids is 1. The van der Waals surface area contributed by atoms with Gasteiger partial charge in [0.05, 0.1) is 0 Å². The lowest BCUT2D eigenvalue weighted by Gasteiger charge is -2.32. The van der Waals surface area contributed by atoms with E-state index in [1.165, 1.54) is 0 Å². The Balaban J connectivity index is 1.65. The van der Waals surface area contributed by atoms with E-state index in [2.05, 4.69) is 10.6 Å². The number of amides is 1. The molecule has 2 atom stereocenters. The summed E-state index contributed by atoms with van der Waals surface area (Å²) in [6, 6.07) is 19.6. The van der Waals surface area contributed by atoms with Crippen LogP contribution in [0.5, 0.6) is 0 Å². The van der Waals surface area contributed by atoms with E-state index in [0.717, 1.165) is 35.4 Å². The van der Waals surface area contributed by atoms with Crippen LogP contribution in [-0.2, 0) is 4.79 Å². The summed E-state index contributed by atoms with van der Waals surface area (Å²) in [5.74, 6) is 1.23. The average Bonchev–Trinajstić information content (AvgIpc) is 3.02. The van der Waals surface area contributed by atoms with Gasteiger partial charge in [0, 0.05) is 11.3 Å². The smallest absolute Gasteiger partial charge is 0.224 e. The molecule has 0 aliphatic carbocycles. The molecule has 2 N–H and O–H groups in total. The van der Waals surface area contributed by atoms with Crippen molar-refractivity contribution in [3.8, 4) is 0 Å². The molecule has 1 saturated heterocycles. The zero-order valence-electron chi connectivity index (χ0n) is 14.2. The number of hydrogen-bond acceptors (Lipinski definition) is 3. The van der Waals surface area contributed by atoms with Crippen LogP contribution in [0.15, 0.2) is 65.1 Å². The normalized spacial score (nSPS) is 17.0. The summed E-state index contributed by atoms with van der Waals surface area (Å²) >= 11 is 0. The maximum atomic E-state index is 12.8. The van der Waals surface area contributed by atoms with Crippen LogP contribution in [0, 0.1) is 11.8 Å². The molecule has 2 heterocycles. The first-order valence-corrected chi connectivity index (χ1v) is 8.77. The highest BCUT2D eigenvalue weighted by molar-refractivity contribution is 5.81. The number of fused-ring (bicyclic) bond motifs is 1. The number of para-hydroxylation sites is 1. The monoisotopic (exact) mass is 334 g/mol. The lowest BCUT2D eigenvalue weighted by Crippen LogP contribution is -2.50. The molecule has 1 aliphatic rings. The Morgan fingerprint density at radius 1 is 1.12 bits per heavy atom. The highest BCUT2D eigenvalue weighted by atomic mass is 16.3. The highest BCUT2D eigenvalue weighted by Gasteiger charge is 2.31. The number of hydrogen-bond donors (Lipinski definition) is 2. The molecule has 3 aromatic rings. The van der Waals surface area contributed by atoms with Crippen molar-refractivity contribution in [2.75, 3.05) is 13.1 Å². The van der Waals surface area contributed by atoms with Gasteiger partial charge in [0.1, 0.15) is 17.4 Å². The molecule has 2 aromatic carbocycles. The molecular formula is C21H22N2O2. The van der Waals surface area contributed by atoms with Crippen molar-refractivity contribution in [1.29, 1.82) is 0 Å². The Morgan fingerprint density at radius 3 is 2.52 bits per heavy atom. The second kappa shape index (κ2) is 6.73. The summed E-state index contributed by atoms with van der Waals surface area (Å²) in [5, 5.41) is 7.48. The quantitative estimate of drug-likeness (QED) is 0.751. The van der Waals surface area contributed by atoms with Crippen LogP contribution >= 0.6 is 0 Å². The van der Waals surface area contributed by atoms with E-state index in [-0.39, 0.29) is 17.9 Å². The summed E-state index contributed by atoms with van der Waals surface area (Å²) in [4.78, 5) is 12.8. The number of rotatable bonds is 5. The van der Waals surface area contributed by atoms with Gasteiger partial charge in [-0.2, -0.15) is 0 Å². The molecule has 1 aliphatic heterocycles. The molecular weight excluding hydrogens is 312 g/mol. The Morgan fingerprint density at radius 2 is 1.84 bits per heavy atom. The molecule has 4 heteroatoms. The van der Waals surface area contributed by atoms with Gasteiger partial charge in [-0.15, -0.1) is 0 Å². The van der Waals surface area contributed by atoms with Gasteiger partial charge in [-0.3, -0.25) is 4.79 Å². The van der Waals surface area contributed by atoms with Crippen molar-refractivity contribution in [2.45, 2.75) is 13.0 Å². The summed E-state index contributed by atoms with van der Waals surface area (Å²) in [6.45, 7) is 3.83. The molecule has 2 unspecified atom stereocenters. The molecule has 1 aromatic heterocycles. The van der Waals surface area contributed by atoms with Gasteiger partial charge in [0.2, 0.25) is 5.91 Å². The van der Waals surface area contributed by atoms with Crippen LogP contribution in [0.25, 0.3) is 11.0 Å². The SMILES string of the molecule is CC(C(=O)NC(c1ccccc1)c1cc2ccccc2o1)C1CNC1. The summed E-state index contributed by atoms with van der Waals surface area (Å²) in [6.07, 6.45) is 0. The molecule has 4 rings (SSSR count). The molecule has 25 heavy (non-hydrogen) atoms. The summed E-state index contributed by atoms with van der Waals surface area (Å²) < 4.78 is 6.04. The van der Waals surface area contributed by atoms with Crippen molar-refractivity contribution in [3.05, 3.63) is 72.0 Å². The van der Waals surface area contributed by atoms with Gasteiger partial charge < -0.3 is 15.1 Å². The maximum absolute atomic E-state index is 12.8. The van der Waals surface area contributed by atoms with E-state index < -0.39 is 0 Å². The fourth-order valence-corrected chi connectivity index (χ4v) is 3.26. The Hall–Kier alpha value is -2.59. The Bertz CT molecular complexity index is 835. The zero-order valence-corrected chi connectivity index (χ0v) is 14.2. The molecule has 0 saturated carbocycles. The first kappa shape index (κ1) is 15.9. The number of carbonyl (C=O) groups is 1. The lowest BCUT2D eigenvalue weighted by molar-refractivity contribution is -0.127. The van der Waals surface area contributed by atoms with Crippen molar-refractivity contribution < 1.29 is 9.21 Å². The first-order valence-electron chi connectivity index (χ1n) is 8.77. The topological polar surface area (TPSA) is 54.3 Å². The lowest BCUT2D eigenvalue weighted by atomic mass is 9.88. The van der Waals surface area contributed by atoms with Crippen molar-refractivity contribution in [1.82, 2.24) is 10.6 Å². The van der Waals surface area contributed by atoms with Crippen LogP contribution in [0.4, 0.5) is 0 Å². The third-order valence-electron chi connectivity index (χ3n) is 5.08. The van der Waals surface area contributed by atoms with Crippen molar-refractivity contribution in [2.24, 2.45) is 11.8 Å². The third kappa shape index (κ3) is 3.17. The summed E-state index contributed by atoms with van der Waals surface area (Å²) in [5.41, 5.74) is 1.86.